The fraction of sp³-hybridized carbons (Fsp3) is 0.0588. The van der Waals surface area contributed by atoms with E-state index in [9.17, 15) is 17.6 Å². The summed E-state index contributed by atoms with van der Waals surface area (Å²) in [4.78, 5) is 0. The van der Waals surface area contributed by atoms with Gasteiger partial charge >= 0.3 is 0 Å². The lowest BCUT2D eigenvalue weighted by Gasteiger charge is -2.15. The van der Waals surface area contributed by atoms with E-state index in [1.54, 1.807) is 0 Å². The highest BCUT2D eigenvalue weighted by molar-refractivity contribution is 6.33. The third-order valence-electron chi connectivity index (χ3n) is 3.48. The Balaban J connectivity index is 2.39. The Bertz CT molecular complexity index is 925. The molecule has 0 aliphatic rings. The van der Waals surface area contributed by atoms with Crippen molar-refractivity contribution in [3.8, 4) is 28.1 Å². The van der Waals surface area contributed by atoms with Crippen LogP contribution in [-0.2, 0) is 0 Å². The topological polar surface area (TPSA) is 35.0 Å². The van der Waals surface area contributed by atoms with Gasteiger partial charge in [0, 0.05) is 17.7 Å². The molecule has 0 aliphatic carbocycles. The van der Waals surface area contributed by atoms with Crippen LogP contribution in [0.5, 0.6) is 5.88 Å². The lowest BCUT2D eigenvalue weighted by atomic mass is 9.96. The standard InChI is InChI=1S/C17H9ClF4N2O/c1-25-17-13(8-2-4-9(19)5-3-8)15(16(18)23-24-17)14-11(21)6-10(20)7-12(14)22/h2-7H,1H3. The van der Waals surface area contributed by atoms with Gasteiger partial charge in [0.05, 0.1) is 18.2 Å². The van der Waals surface area contributed by atoms with Gasteiger partial charge in [-0.15, -0.1) is 10.2 Å². The van der Waals surface area contributed by atoms with Gasteiger partial charge in [0.2, 0.25) is 5.88 Å². The smallest absolute Gasteiger partial charge is 0.241 e. The van der Waals surface area contributed by atoms with Gasteiger partial charge in [-0.25, -0.2) is 17.6 Å². The molecule has 1 aromatic heterocycles. The molecule has 0 bridgehead atoms. The third-order valence-corrected chi connectivity index (χ3v) is 3.75. The molecule has 0 atom stereocenters. The number of benzene rings is 2. The van der Waals surface area contributed by atoms with E-state index in [1.165, 1.54) is 19.2 Å². The van der Waals surface area contributed by atoms with Crippen LogP contribution in [0.3, 0.4) is 0 Å². The highest BCUT2D eigenvalue weighted by Crippen LogP contribution is 2.43. The van der Waals surface area contributed by atoms with E-state index in [4.69, 9.17) is 16.3 Å². The van der Waals surface area contributed by atoms with Gasteiger partial charge in [0.1, 0.15) is 23.3 Å². The second-order valence-electron chi connectivity index (χ2n) is 5.00. The van der Waals surface area contributed by atoms with Gasteiger partial charge in [0.25, 0.3) is 0 Å². The molecular formula is C17H9ClF4N2O. The van der Waals surface area contributed by atoms with Crippen molar-refractivity contribution in [2.24, 2.45) is 0 Å². The van der Waals surface area contributed by atoms with Gasteiger partial charge in [-0.1, -0.05) is 23.7 Å². The first-order valence-corrected chi connectivity index (χ1v) is 7.31. The molecule has 0 fully saturated rings. The van der Waals surface area contributed by atoms with E-state index in [0.717, 1.165) is 12.1 Å². The van der Waals surface area contributed by atoms with Crippen LogP contribution in [0.15, 0.2) is 36.4 Å². The Hall–Kier alpha value is -2.67. The van der Waals surface area contributed by atoms with Crippen molar-refractivity contribution in [3.05, 3.63) is 64.8 Å². The molecule has 25 heavy (non-hydrogen) atoms. The first-order valence-electron chi connectivity index (χ1n) is 6.93. The van der Waals surface area contributed by atoms with Crippen molar-refractivity contribution >= 4 is 11.6 Å². The molecule has 8 heteroatoms. The van der Waals surface area contributed by atoms with Crippen LogP contribution in [0, 0.1) is 23.3 Å². The van der Waals surface area contributed by atoms with Crippen LogP contribution in [0.25, 0.3) is 22.3 Å². The summed E-state index contributed by atoms with van der Waals surface area (Å²) in [6.45, 7) is 0. The maximum atomic E-state index is 14.3. The number of hydrogen-bond acceptors (Lipinski definition) is 3. The zero-order valence-corrected chi connectivity index (χ0v) is 13.4. The van der Waals surface area contributed by atoms with E-state index >= 15 is 0 Å². The number of rotatable bonds is 3. The molecule has 0 saturated heterocycles. The van der Waals surface area contributed by atoms with E-state index in [1.807, 2.05) is 0 Å². The normalized spacial score (nSPS) is 10.8. The maximum Gasteiger partial charge on any atom is 0.241 e. The monoisotopic (exact) mass is 368 g/mol. The van der Waals surface area contributed by atoms with Gasteiger partial charge in [-0.2, -0.15) is 0 Å². The molecule has 128 valence electrons. The van der Waals surface area contributed by atoms with Crippen LogP contribution < -0.4 is 4.74 Å². The molecule has 0 unspecified atom stereocenters. The molecule has 0 N–H and O–H groups in total. The Labute approximate surface area is 144 Å². The largest absolute Gasteiger partial charge is 0.479 e. The summed E-state index contributed by atoms with van der Waals surface area (Å²) < 4.78 is 60.1. The van der Waals surface area contributed by atoms with Crippen LogP contribution in [0.4, 0.5) is 17.6 Å². The second-order valence-corrected chi connectivity index (χ2v) is 5.36. The summed E-state index contributed by atoms with van der Waals surface area (Å²) in [6, 6.07) is 6.10. The van der Waals surface area contributed by atoms with Crippen LogP contribution >= 0.6 is 11.6 Å². The predicted octanol–water partition coefficient (Wildman–Crippen LogP) is 5.03. The molecule has 3 nitrogen and oxygen atoms in total. The zero-order valence-electron chi connectivity index (χ0n) is 12.7. The quantitative estimate of drug-likeness (QED) is 0.608. The van der Waals surface area contributed by atoms with Gasteiger partial charge in [0.15, 0.2) is 5.15 Å². The molecule has 0 spiro atoms. The van der Waals surface area contributed by atoms with Crippen molar-refractivity contribution in [1.82, 2.24) is 10.2 Å². The molecule has 3 aromatic rings. The fourth-order valence-corrected chi connectivity index (χ4v) is 2.66. The first-order chi connectivity index (χ1) is 11.9. The molecule has 2 aromatic carbocycles. The molecule has 0 radical (unpaired) electrons. The molecule has 0 saturated carbocycles. The number of aromatic nitrogens is 2. The van der Waals surface area contributed by atoms with E-state index in [0.29, 0.717) is 17.7 Å². The molecule has 0 aliphatic heterocycles. The van der Waals surface area contributed by atoms with Crippen LogP contribution in [0.2, 0.25) is 5.15 Å². The number of methoxy groups -OCH3 is 1. The van der Waals surface area contributed by atoms with E-state index < -0.39 is 28.8 Å². The SMILES string of the molecule is COc1nnc(Cl)c(-c2c(F)cc(F)cc2F)c1-c1ccc(F)cc1. The summed E-state index contributed by atoms with van der Waals surface area (Å²) in [6.07, 6.45) is 0. The van der Waals surface area contributed by atoms with Gasteiger partial charge in [-0.3, -0.25) is 0 Å². The van der Waals surface area contributed by atoms with Crippen molar-refractivity contribution in [1.29, 1.82) is 0 Å². The average Bonchev–Trinajstić information content (AvgIpc) is 2.56. The Morgan fingerprint density at radius 1 is 0.800 bits per heavy atom. The first kappa shape index (κ1) is 17.2. The number of nitrogens with zero attached hydrogens (tertiary/aromatic N) is 2. The lowest BCUT2D eigenvalue weighted by Crippen LogP contribution is -2.02. The summed E-state index contributed by atoms with van der Waals surface area (Å²) in [5.74, 6) is -3.99. The average molecular weight is 369 g/mol. The highest BCUT2D eigenvalue weighted by atomic mass is 35.5. The van der Waals surface area contributed by atoms with Gasteiger partial charge < -0.3 is 4.74 Å². The highest BCUT2D eigenvalue weighted by Gasteiger charge is 2.25. The predicted molar refractivity (Wildman–Crippen MR) is 84.3 cm³/mol. The molecule has 0 amide bonds. The minimum Gasteiger partial charge on any atom is -0.479 e. The Morgan fingerprint density at radius 3 is 1.96 bits per heavy atom. The summed E-state index contributed by atoms with van der Waals surface area (Å²) in [7, 11) is 1.28. The van der Waals surface area contributed by atoms with E-state index in [2.05, 4.69) is 10.2 Å². The second kappa shape index (κ2) is 6.68. The number of halogens is 5. The van der Waals surface area contributed by atoms with Crippen molar-refractivity contribution in [2.45, 2.75) is 0 Å². The summed E-state index contributed by atoms with van der Waals surface area (Å²) in [5, 5.41) is 7.05. The lowest BCUT2D eigenvalue weighted by molar-refractivity contribution is 0.394. The van der Waals surface area contributed by atoms with Crippen molar-refractivity contribution in [2.75, 3.05) is 7.11 Å². The molecular weight excluding hydrogens is 360 g/mol. The maximum absolute atomic E-state index is 14.3. The van der Waals surface area contributed by atoms with Crippen molar-refractivity contribution in [3.63, 3.8) is 0 Å². The molecule has 1 heterocycles. The molecule has 3 rings (SSSR count). The Morgan fingerprint density at radius 2 is 1.40 bits per heavy atom. The number of hydrogen-bond donors (Lipinski definition) is 0. The zero-order chi connectivity index (χ0) is 18.1. The minimum absolute atomic E-state index is 0.0749. The minimum atomic E-state index is -1.17. The summed E-state index contributed by atoms with van der Waals surface area (Å²) in [5.41, 5.74) is -0.311. The number of ether oxygens (including phenoxy) is 1. The van der Waals surface area contributed by atoms with E-state index in [-0.39, 0.29) is 22.2 Å². The summed E-state index contributed by atoms with van der Waals surface area (Å²) >= 11 is 6.03. The van der Waals surface area contributed by atoms with Crippen LogP contribution in [-0.4, -0.2) is 17.3 Å². The van der Waals surface area contributed by atoms with Gasteiger partial charge in [-0.05, 0) is 17.7 Å². The Kier molecular flexibility index (Phi) is 4.59. The van der Waals surface area contributed by atoms with Crippen LogP contribution in [0.1, 0.15) is 0 Å². The van der Waals surface area contributed by atoms with Crippen molar-refractivity contribution < 1.29 is 22.3 Å². The fourth-order valence-electron chi connectivity index (χ4n) is 2.44. The third kappa shape index (κ3) is 3.15.